The van der Waals surface area contributed by atoms with Crippen LogP contribution in [-0.2, 0) is 27.9 Å². The number of nitrogens with one attached hydrogen (secondary N) is 2. The van der Waals surface area contributed by atoms with Crippen LogP contribution in [0, 0.1) is 23.4 Å². The number of hydrogen-bond acceptors (Lipinski definition) is 11. The van der Waals surface area contributed by atoms with Crippen LogP contribution in [0.2, 0.25) is 0 Å². The molecule has 364 valence electrons. The van der Waals surface area contributed by atoms with Crippen LogP contribution < -0.4 is 21.2 Å². The lowest BCUT2D eigenvalue weighted by Crippen LogP contribution is -2.47. The van der Waals surface area contributed by atoms with Crippen molar-refractivity contribution in [1.29, 1.82) is 0 Å². The zero-order valence-electron chi connectivity index (χ0n) is 37.0. The van der Waals surface area contributed by atoms with Crippen LogP contribution in [0.15, 0.2) is 65.8 Å². The predicted molar refractivity (Wildman–Crippen MR) is 237 cm³/mol. The van der Waals surface area contributed by atoms with Crippen LogP contribution in [0.4, 0.5) is 32.2 Å². The third-order valence-corrected chi connectivity index (χ3v) is 12.9. The molecule has 0 unspecified atom stereocenters. The predicted octanol–water partition coefficient (Wildman–Crippen LogP) is 5.41. The number of hydrogen-bond donors (Lipinski definition) is 4. The number of phenolic OH excluding ortho intramolecular Hbond substituents is 1. The van der Waals surface area contributed by atoms with E-state index in [-0.39, 0.29) is 36.5 Å². The van der Waals surface area contributed by atoms with E-state index in [9.17, 15) is 50.6 Å². The summed E-state index contributed by atoms with van der Waals surface area (Å²) in [6.45, 7) is 4.34. The van der Waals surface area contributed by atoms with E-state index in [0.29, 0.717) is 18.0 Å². The number of carbonyl (C=O) groups is 4. The van der Waals surface area contributed by atoms with Crippen molar-refractivity contribution < 1.29 is 55.7 Å². The molecule has 1 saturated carbocycles. The smallest absolute Gasteiger partial charge is 0.490 e. The lowest BCUT2D eigenvalue weighted by molar-refractivity contribution is -0.192. The maximum atomic E-state index is 14.2. The van der Waals surface area contributed by atoms with E-state index in [1.165, 1.54) is 4.57 Å². The van der Waals surface area contributed by atoms with E-state index < -0.39 is 58.8 Å². The molecule has 0 bridgehead atoms. The van der Waals surface area contributed by atoms with E-state index in [2.05, 4.69) is 25.4 Å². The summed E-state index contributed by atoms with van der Waals surface area (Å²) in [7, 11) is 1.71. The van der Waals surface area contributed by atoms with Gasteiger partial charge in [0.25, 0.3) is 5.91 Å². The second-order valence-electron chi connectivity index (χ2n) is 17.3. The fourth-order valence-electron chi connectivity index (χ4n) is 9.01. The number of phenols is 1. The number of imide groups is 1. The van der Waals surface area contributed by atoms with Crippen molar-refractivity contribution in [3.8, 4) is 17.0 Å². The quantitative estimate of drug-likeness (QED) is 0.0773. The molecule has 3 aliphatic rings. The van der Waals surface area contributed by atoms with Crippen molar-refractivity contribution in [1.82, 2.24) is 44.4 Å². The van der Waals surface area contributed by atoms with Crippen molar-refractivity contribution in [3.63, 3.8) is 0 Å². The van der Waals surface area contributed by atoms with E-state index in [4.69, 9.17) is 20.0 Å². The summed E-state index contributed by atoms with van der Waals surface area (Å²) < 4.78 is 78.5. The van der Waals surface area contributed by atoms with Crippen LogP contribution in [0.1, 0.15) is 66.5 Å². The Morgan fingerprint density at radius 1 is 0.899 bits per heavy atom. The first-order valence-corrected chi connectivity index (χ1v) is 22.1. The number of fused-ring (bicyclic) bond motifs is 2. The van der Waals surface area contributed by atoms with Crippen LogP contribution in [0.5, 0.6) is 5.75 Å². The molecule has 4 N–H and O–H groups in total. The van der Waals surface area contributed by atoms with Gasteiger partial charge in [0, 0.05) is 69.9 Å². The van der Waals surface area contributed by atoms with Crippen LogP contribution in [0.25, 0.3) is 33.2 Å². The summed E-state index contributed by atoms with van der Waals surface area (Å²) in [6, 6.07) is 11.9. The van der Waals surface area contributed by atoms with E-state index in [0.717, 1.165) is 104 Å². The lowest BCUT2D eigenvalue weighted by atomic mass is 9.86. The Hall–Kier alpha value is -7.30. The van der Waals surface area contributed by atoms with Gasteiger partial charge in [0.2, 0.25) is 17.6 Å². The molecule has 2 saturated heterocycles. The third kappa shape index (κ3) is 10.4. The SMILES string of the molecule is Cn1c(=O)n([C@@H]2CCC(=O)NC2=O)c2ccc(CCN3CCN(c4cncc(-c5ccc6cn(C7CCC(CNC(=O)c8cc(F)c(O)c(F)c8F)CC7)nc6c5)n4)CC3)cc21.O=C(O)C(F)(F)F. The summed E-state index contributed by atoms with van der Waals surface area (Å²) in [5.74, 6) is -9.78. The first-order chi connectivity index (χ1) is 32.9. The number of rotatable bonds is 10. The average molecular weight is 965 g/mol. The number of aryl methyl sites for hydroxylation is 1. The van der Waals surface area contributed by atoms with Gasteiger partial charge in [-0.05, 0) is 74.3 Å². The zero-order chi connectivity index (χ0) is 49.3. The Morgan fingerprint density at radius 3 is 2.32 bits per heavy atom. The van der Waals surface area contributed by atoms with E-state index in [1.54, 1.807) is 24.0 Å². The molecule has 0 spiro atoms. The minimum absolute atomic E-state index is 0.102. The van der Waals surface area contributed by atoms with Crippen molar-refractivity contribution in [2.75, 3.05) is 44.2 Å². The fourth-order valence-corrected chi connectivity index (χ4v) is 9.01. The van der Waals surface area contributed by atoms with Crippen molar-refractivity contribution >= 4 is 51.4 Å². The summed E-state index contributed by atoms with van der Waals surface area (Å²) in [5, 5.41) is 27.2. The van der Waals surface area contributed by atoms with Gasteiger partial charge in [-0.3, -0.25) is 43.4 Å². The number of nitrogens with zero attached hydrogens (tertiary/aromatic N) is 8. The Labute approximate surface area is 388 Å². The normalized spacial score (nSPS) is 19.1. The molecule has 0 radical (unpaired) electrons. The van der Waals surface area contributed by atoms with Gasteiger partial charge in [-0.2, -0.15) is 22.7 Å². The molecule has 23 heteroatoms. The van der Waals surface area contributed by atoms with Gasteiger partial charge in [0.1, 0.15) is 11.9 Å². The average Bonchev–Trinajstić information content (AvgIpc) is 3.88. The summed E-state index contributed by atoms with van der Waals surface area (Å²) in [6.07, 6.45) is 4.94. The van der Waals surface area contributed by atoms with Crippen molar-refractivity contribution in [2.45, 2.75) is 63.2 Å². The maximum absolute atomic E-state index is 14.2. The number of amides is 3. The molecular weight excluding hydrogens is 919 g/mol. The van der Waals surface area contributed by atoms with Crippen molar-refractivity contribution in [2.24, 2.45) is 13.0 Å². The minimum Gasteiger partial charge on any atom is -0.503 e. The molecule has 1 atom stereocenters. The van der Waals surface area contributed by atoms with E-state index >= 15 is 0 Å². The number of halogens is 6. The third-order valence-electron chi connectivity index (χ3n) is 12.9. The molecule has 9 rings (SSSR count). The monoisotopic (exact) mass is 964 g/mol. The summed E-state index contributed by atoms with van der Waals surface area (Å²) in [4.78, 5) is 73.0. The second kappa shape index (κ2) is 19.7. The van der Waals surface area contributed by atoms with Gasteiger partial charge >= 0.3 is 17.8 Å². The number of imidazole rings is 1. The first kappa shape index (κ1) is 48.2. The number of alkyl halides is 3. The molecule has 5 heterocycles. The highest BCUT2D eigenvalue weighted by Crippen LogP contribution is 2.34. The summed E-state index contributed by atoms with van der Waals surface area (Å²) >= 11 is 0. The summed E-state index contributed by atoms with van der Waals surface area (Å²) in [5.41, 5.74) is 3.94. The minimum atomic E-state index is -5.08. The highest BCUT2D eigenvalue weighted by molar-refractivity contribution is 6.00. The number of aromatic hydroxyl groups is 1. The van der Waals surface area contributed by atoms with Crippen molar-refractivity contribution in [3.05, 3.63) is 100 Å². The molecule has 3 fully saturated rings. The van der Waals surface area contributed by atoms with Gasteiger partial charge in [-0.1, -0.05) is 18.2 Å². The molecule has 3 aromatic carbocycles. The molecular formula is C46H46F6N10O7. The van der Waals surface area contributed by atoms with Gasteiger partial charge in [0.05, 0.1) is 46.2 Å². The van der Waals surface area contributed by atoms with E-state index in [1.807, 2.05) is 47.3 Å². The van der Waals surface area contributed by atoms with Crippen LogP contribution >= 0.6 is 0 Å². The number of piperazine rings is 1. The number of anilines is 1. The Balaban J connectivity index is 0.000000853. The maximum Gasteiger partial charge on any atom is 0.490 e. The Kier molecular flexibility index (Phi) is 13.8. The number of carboxylic acids is 1. The first-order valence-electron chi connectivity index (χ1n) is 22.1. The fraction of sp³-hybridized carbons (Fsp3) is 0.391. The number of carbonyl (C=O) groups excluding carboxylic acids is 3. The number of piperidine rings is 1. The number of aromatic nitrogens is 6. The Bertz CT molecular complexity index is 3010. The van der Waals surface area contributed by atoms with Gasteiger partial charge in [-0.15, -0.1) is 0 Å². The van der Waals surface area contributed by atoms with Gasteiger partial charge in [-0.25, -0.2) is 23.4 Å². The van der Waals surface area contributed by atoms with Crippen LogP contribution in [0.3, 0.4) is 0 Å². The molecule has 1 aliphatic carbocycles. The Morgan fingerprint density at radius 2 is 1.62 bits per heavy atom. The van der Waals surface area contributed by atoms with Gasteiger partial charge in [0.15, 0.2) is 17.4 Å². The number of benzene rings is 3. The standard InChI is InChI=1S/C44H45F3N10O5.C2HF3O2/c1-53-36-18-25(4-9-34(36)57(44(53)62)35-10-11-38(58)51-43(35)61)12-13-54-14-16-55(17-15-54)37-23-48-22-33(50-37)27-5-6-28-24-56(52-32(28)19-27)29-7-2-26(3-8-29)21-49-42(60)30-20-31(45)41(59)40(47)39(30)46;3-2(4,5)1(6)7/h4-6,9,18-20,22-24,26,29,35,59H,2-3,7-8,10-17,21H2,1H3,(H,49,60)(H,51,58,61);(H,6,7)/t26?,29?,35-;/m1./s1. The molecule has 2 aliphatic heterocycles. The highest BCUT2D eigenvalue weighted by atomic mass is 19.4. The molecule has 69 heavy (non-hydrogen) atoms. The lowest BCUT2D eigenvalue weighted by Gasteiger charge is -2.35. The molecule has 3 amide bonds. The van der Waals surface area contributed by atoms with Crippen LogP contribution in [-0.4, -0.2) is 113 Å². The molecule has 6 aromatic rings. The van der Waals surface area contributed by atoms with Gasteiger partial charge < -0.3 is 20.4 Å². The molecule has 3 aromatic heterocycles. The molecule has 17 nitrogen and oxygen atoms in total. The second-order valence-corrected chi connectivity index (χ2v) is 17.3. The largest absolute Gasteiger partial charge is 0.503 e. The number of carboxylic acid groups (broad SMARTS) is 1. The number of aliphatic carboxylic acids is 1. The highest BCUT2D eigenvalue weighted by Gasteiger charge is 2.38. The topological polar surface area (TPSA) is 210 Å². The zero-order valence-corrected chi connectivity index (χ0v) is 37.0.